The molecule has 0 saturated heterocycles. The van der Waals surface area contributed by atoms with E-state index in [1.165, 1.54) is 12.4 Å². The highest BCUT2D eigenvalue weighted by Gasteiger charge is 2.14. The Kier molecular flexibility index (Phi) is 3.94. The smallest absolute Gasteiger partial charge is 0.187 e. The number of halogens is 1. The standard InChI is InChI=1S/C14H16FN3O/c1-4-16-14-13(19-3)12(17-8-18-14)10-5-6-11(15)9(2)7-10/h5-8H,4H2,1-3H3,(H,16,17,18). The summed E-state index contributed by atoms with van der Waals surface area (Å²) < 4.78 is 18.7. The molecule has 100 valence electrons. The van der Waals surface area contributed by atoms with Gasteiger partial charge in [-0.15, -0.1) is 0 Å². The molecule has 1 aromatic carbocycles. The van der Waals surface area contributed by atoms with E-state index in [4.69, 9.17) is 4.74 Å². The molecule has 1 heterocycles. The Bertz CT molecular complexity index is 587. The molecule has 1 N–H and O–H groups in total. The molecule has 0 amide bonds. The number of ether oxygens (including phenoxy) is 1. The maximum atomic E-state index is 13.3. The van der Waals surface area contributed by atoms with E-state index in [0.29, 0.717) is 22.8 Å². The number of nitrogens with one attached hydrogen (secondary N) is 1. The lowest BCUT2D eigenvalue weighted by molar-refractivity contribution is 0.414. The second-order valence-corrected chi connectivity index (χ2v) is 4.10. The summed E-state index contributed by atoms with van der Waals surface area (Å²) in [5, 5.41) is 3.11. The first-order valence-corrected chi connectivity index (χ1v) is 6.06. The summed E-state index contributed by atoms with van der Waals surface area (Å²) in [6.07, 6.45) is 1.47. The van der Waals surface area contributed by atoms with Crippen molar-refractivity contribution in [2.45, 2.75) is 13.8 Å². The van der Waals surface area contributed by atoms with Gasteiger partial charge in [-0.2, -0.15) is 0 Å². The predicted octanol–water partition coefficient (Wildman–Crippen LogP) is 3.03. The van der Waals surface area contributed by atoms with Crippen molar-refractivity contribution in [3.63, 3.8) is 0 Å². The quantitative estimate of drug-likeness (QED) is 0.919. The van der Waals surface area contributed by atoms with E-state index in [0.717, 1.165) is 12.1 Å². The van der Waals surface area contributed by atoms with Gasteiger partial charge in [0, 0.05) is 12.1 Å². The van der Waals surface area contributed by atoms with E-state index in [1.807, 2.05) is 6.92 Å². The second kappa shape index (κ2) is 5.65. The van der Waals surface area contributed by atoms with Gasteiger partial charge in [0.05, 0.1) is 7.11 Å². The normalized spacial score (nSPS) is 10.3. The summed E-state index contributed by atoms with van der Waals surface area (Å²) in [4.78, 5) is 8.38. The highest BCUT2D eigenvalue weighted by atomic mass is 19.1. The van der Waals surface area contributed by atoms with Gasteiger partial charge in [0.15, 0.2) is 11.6 Å². The monoisotopic (exact) mass is 261 g/mol. The van der Waals surface area contributed by atoms with Crippen LogP contribution in [0.3, 0.4) is 0 Å². The Balaban J connectivity index is 2.54. The molecule has 0 radical (unpaired) electrons. The Morgan fingerprint density at radius 1 is 1.32 bits per heavy atom. The number of methoxy groups -OCH3 is 1. The van der Waals surface area contributed by atoms with Gasteiger partial charge >= 0.3 is 0 Å². The van der Waals surface area contributed by atoms with Crippen LogP contribution in [-0.4, -0.2) is 23.6 Å². The van der Waals surface area contributed by atoms with Crippen molar-refractivity contribution < 1.29 is 9.13 Å². The fourth-order valence-corrected chi connectivity index (χ4v) is 1.86. The second-order valence-electron chi connectivity index (χ2n) is 4.10. The lowest BCUT2D eigenvalue weighted by Crippen LogP contribution is -2.04. The number of nitrogens with zero attached hydrogens (tertiary/aromatic N) is 2. The molecule has 5 heteroatoms. The van der Waals surface area contributed by atoms with Crippen LogP contribution in [-0.2, 0) is 0 Å². The van der Waals surface area contributed by atoms with E-state index >= 15 is 0 Å². The van der Waals surface area contributed by atoms with Gasteiger partial charge in [0.2, 0.25) is 0 Å². The lowest BCUT2D eigenvalue weighted by Gasteiger charge is -2.12. The SMILES string of the molecule is CCNc1ncnc(-c2ccc(F)c(C)c2)c1OC. The third kappa shape index (κ3) is 2.65. The average Bonchev–Trinajstić information content (AvgIpc) is 2.42. The number of anilines is 1. The molecule has 0 aliphatic rings. The van der Waals surface area contributed by atoms with Gasteiger partial charge in [-0.1, -0.05) is 0 Å². The third-order valence-electron chi connectivity index (χ3n) is 2.78. The first-order valence-electron chi connectivity index (χ1n) is 6.06. The summed E-state index contributed by atoms with van der Waals surface area (Å²) >= 11 is 0. The van der Waals surface area contributed by atoms with Crippen molar-refractivity contribution in [3.8, 4) is 17.0 Å². The maximum Gasteiger partial charge on any atom is 0.187 e. The van der Waals surface area contributed by atoms with E-state index in [-0.39, 0.29) is 5.82 Å². The number of hydrogen-bond acceptors (Lipinski definition) is 4. The third-order valence-corrected chi connectivity index (χ3v) is 2.78. The Morgan fingerprint density at radius 2 is 2.11 bits per heavy atom. The van der Waals surface area contributed by atoms with Crippen molar-refractivity contribution in [1.82, 2.24) is 9.97 Å². The zero-order valence-electron chi connectivity index (χ0n) is 11.2. The molecular weight excluding hydrogens is 245 g/mol. The van der Waals surface area contributed by atoms with E-state index in [9.17, 15) is 4.39 Å². The van der Waals surface area contributed by atoms with Gasteiger partial charge in [-0.25, -0.2) is 14.4 Å². The molecule has 0 fully saturated rings. The van der Waals surface area contributed by atoms with Crippen molar-refractivity contribution in [2.75, 3.05) is 19.0 Å². The fraction of sp³-hybridized carbons (Fsp3) is 0.286. The number of benzene rings is 1. The van der Waals surface area contributed by atoms with Crippen molar-refractivity contribution in [1.29, 1.82) is 0 Å². The van der Waals surface area contributed by atoms with Crippen LogP contribution < -0.4 is 10.1 Å². The van der Waals surface area contributed by atoms with Crippen molar-refractivity contribution in [3.05, 3.63) is 35.9 Å². The molecule has 0 aliphatic carbocycles. The molecule has 0 bridgehead atoms. The van der Waals surface area contributed by atoms with Crippen LogP contribution in [0.2, 0.25) is 0 Å². The number of aryl methyl sites for hydroxylation is 1. The van der Waals surface area contributed by atoms with Crippen LogP contribution in [0.4, 0.5) is 10.2 Å². The van der Waals surface area contributed by atoms with Crippen LogP contribution in [0.25, 0.3) is 11.3 Å². The summed E-state index contributed by atoms with van der Waals surface area (Å²) in [7, 11) is 1.57. The molecule has 0 unspecified atom stereocenters. The predicted molar refractivity (Wildman–Crippen MR) is 72.9 cm³/mol. The molecule has 0 saturated carbocycles. The number of aromatic nitrogens is 2. The first kappa shape index (κ1) is 13.3. The molecule has 19 heavy (non-hydrogen) atoms. The Hall–Kier alpha value is -2.17. The fourth-order valence-electron chi connectivity index (χ4n) is 1.86. The molecule has 1 aromatic heterocycles. The summed E-state index contributed by atoms with van der Waals surface area (Å²) in [5.41, 5.74) is 2.03. The van der Waals surface area contributed by atoms with Crippen LogP contribution in [0.5, 0.6) is 5.75 Å². The number of rotatable bonds is 4. The Morgan fingerprint density at radius 3 is 2.74 bits per heavy atom. The zero-order chi connectivity index (χ0) is 13.8. The largest absolute Gasteiger partial charge is 0.491 e. The molecular formula is C14H16FN3O. The minimum atomic E-state index is -0.233. The molecule has 2 aromatic rings. The van der Waals surface area contributed by atoms with Crippen LogP contribution in [0, 0.1) is 12.7 Å². The zero-order valence-corrected chi connectivity index (χ0v) is 11.2. The van der Waals surface area contributed by atoms with Crippen LogP contribution in [0.1, 0.15) is 12.5 Å². The van der Waals surface area contributed by atoms with Crippen molar-refractivity contribution >= 4 is 5.82 Å². The van der Waals surface area contributed by atoms with Crippen LogP contribution in [0.15, 0.2) is 24.5 Å². The molecule has 4 nitrogen and oxygen atoms in total. The average molecular weight is 261 g/mol. The first-order chi connectivity index (χ1) is 9.17. The highest BCUT2D eigenvalue weighted by Crippen LogP contribution is 2.33. The molecule has 0 spiro atoms. The highest BCUT2D eigenvalue weighted by molar-refractivity contribution is 5.72. The summed E-state index contributed by atoms with van der Waals surface area (Å²) in [5.74, 6) is 0.969. The molecule has 0 aliphatic heterocycles. The van der Waals surface area contributed by atoms with Gasteiger partial charge < -0.3 is 10.1 Å². The van der Waals surface area contributed by atoms with E-state index < -0.39 is 0 Å². The molecule has 0 atom stereocenters. The summed E-state index contributed by atoms with van der Waals surface area (Å²) in [6, 6.07) is 4.86. The topological polar surface area (TPSA) is 47.0 Å². The molecule has 2 rings (SSSR count). The number of hydrogen-bond donors (Lipinski definition) is 1. The van der Waals surface area contributed by atoms with E-state index in [1.54, 1.807) is 26.2 Å². The lowest BCUT2D eigenvalue weighted by atomic mass is 10.1. The Labute approximate surface area is 111 Å². The van der Waals surface area contributed by atoms with Gasteiger partial charge in [-0.3, -0.25) is 0 Å². The van der Waals surface area contributed by atoms with E-state index in [2.05, 4.69) is 15.3 Å². The summed E-state index contributed by atoms with van der Waals surface area (Å²) in [6.45, 7) is 4.43. The van der Waals surface area contributed by atoms with Gasteiger partial charge in [0.25, 0.3) is 0 Å². The van der Waals surface area contributed by atoms with Crippen molar-refractivity contribution in [2.24, 2.45) is 0 Å². The van der Waals surface area contributed by atoms with Gasteiger partial charge in [-0.05, 0) is 37.6 Å². The van der Waals surface area contributed by atoms with Gasteiger partial charge in [0.1, 0.15) is 17.8 Å². The maximum absolute atomic E-state index is 13.3. The minimum absolute atomic E-state index is 0.233. The van der Waals surface area contributed by atoms with Crippen LogP contribution >= 0.6 is 0 Å². The minimum Gasteiger partial charge on any atom is -0.491 e.